The number of urea groups is 1. The highest BCUT2D eigenvalue weighted by molar-refractivity contribution is 5.91. The Morgan fingerprint density at radius 3 is 2.67 bits per heavy atom. The van der Waals surface area contributed by atoms with Crippen LogP contribution in [0, 0.1) is 6.92 Å². The molecule has 0 saturated heterocycles. The average molecular weight is 208 g/mol. The molecule has 0 radical (unpaired) electrons. The van der Waals surface area contributed by atoms with Crippen molar-refractivity contribution in [2.24, 2.45) is 0 Å². The van der Waals surface area contributed by atoms with E-state index in [9.17, 15) is 9.90 Å². The Morgan fingerprint density at radius 1 is 1.40 bits per heavy atom. The first kappa shape index (κ1) is 11.4. The smallest absolute Gasteiger partial charge is 0.319 e. The molecule has 82 valence electrons. The SMILES string of the molecule is Cc1ccc(O)c(NC(=O)NC(C)C)c1. The lowest BCUT2D eigenvalue weighted by atomic mass is 10.2. The first-order chi connectivity index (χ1) is 6.99. The lowest BCUT2D eigenvalue weighted by Crippen LogP contribution is -2.34. The van der Waals surface area contributed by atoms with E-state index < -0.39 is 0 Å². The zero-order valence-corrected chi connectivity index (χ0v) is 9.16. The molecule has 0 aliphatic carbocycles. The molecule has 0 aliphatic heterocycles. The molecule has 3 N–H and O–H groups in total. The van der Waals surface area contributed by atoms with Gasteiger partial charge < -0.3 is 15.7 Å². The summed E-state index contributed by atoms with van der Waals surface area (Å²) in [5, 5.41) is 14.7. The zero-order chi connectivity index (χ0) is 11.4. The maximum atomic E-state index is 11.4. The Balaban J connectivity index is 2.71. The number of carbonyl (C=O) groups excluding carboxylic acids is 1. The second-order valence-electron chi connectivity index (χ2n) is 3.77. The van der Waals surface area contributed by atoms with Gasteiger partial charge in [0.05, 0.1) is 5.69 Å². The third-order valence-electron chi connectivity index (χ3n) is 1.82. The number of anilines is 1. The van der Waals surface area contributed by atoms with Gasteiger partial charge in [-0.15, -0.1) is 0 Å². The van der Waals surface area contributed by atoms with Crippen LogP contribution in [0.5, 0.6) is 5.75 Å². The molecule has 1 aromatic rings. The summed E-state index contributed by atoms with van der Waals surface area (Å²) in [6.45, 7) is 5.64. The van der Waals surface area contributed by atoms with Gasteiger partial charge >= 0.3 is 6.03 Å². The molecule has 4 heteroatoms. The predicted octanol–water partition coefficient (Wildman–Crippen LogP) is 2.23. The zero-order valence-electron chi connectivity index (χ0n) is 9.16. The molecule has 0 atom stereocenters. The average Bonchev–Trinajstić information content (AvgIpc) is 2.10. The van der Waals surface area contributed by atoms with Crippen molar-refractivity contribution in [1.82, 2.24) is 5.32 Å². The summed E-state index contributed by atoms with van der Waals surface area (Å²) in [6.07, 6.45) is 0. The lowest BCUT2D eigenvalue weighted by Gasteiger charge is -2.11. The Morgan fingerprint density at radius 2 is 2.07 bits per heavy atom. The molecule has 0 aromatic heterocycles. The molecular formula is C11H16N2O2. The minimum atomic E-state index is -0.314. The van der Waals surface area contributed by atoms with Gasteiger partial charge in [0.1, 0.15) is 5.75 Å². The number of nitrogens with one attached hydrogen (secondary N) is 2. The number of phenolic OH excluding ortho intramolecular Hbond substituents is 1. The van der Waals surface area contributed by atoms with Crippen molar-refractivity contribution in [3.8, 4) is 5.75 Å². The van der Waals surface area contributed by atoms with Crippen LogP contribution in [-0.2, 0) is 0 Å². The fourth-order valence-corrected chi connectivity index (χ4v) is 1.17. The summed E-state index contributed by atoms with van der Waals surface area (Å²) in [5.41, 5.74) is 1.40. The molecule has 0 fully saturated rings. The van der Waals surface area contributed by atoms with Crippen LogP contribution < -0.4 is 10.6 Å². The number of aromatic hydroxyl groups is 1. The van der Waals surface area contributed by atoms with Crippen molar-refractivity contribution < 1.29 is 9.90 Å². The third kappa shape index (κ3) is 3.50. The number of amides is 2. The molecule has 0 unspecified atom stereocenters. The molecule has 1 rings (SSSR count). The van der Waals surface area contributed by atoms with E-state index in [2.05, 4.69) is 10.6 Å². The molecule has 0 bridgehead atoms. The standard InChI is InChI=1S/C11H16N2O2/c1-7(2)12-11(15)13-9-6-8(3)4-5-10(9)14/h4-7,14H,1-3H3,(H2,12,13,15). The van der Waals surface area contributed by atoms with Crippen LogP contribution in [0.4, 0.5) is 10.5 Å². The molecule has 0 aliphatic rings. The molecule has 0 spiro atoms. The molecule has 2 amide bonds. The highest BCUT2D eigenvalue weighted by Gasteiger charge is 2.06. The molecular weight excluding hydrogens is 192 g/mol. The van der Waals surface area contributed by atoms with Gasteiger partial charge in [-0.1, -0.05) is 6.07 Å². The Labute approximate surface area is 89.3 Å². The van der Waals surface area contributed by atoms with E-state index in [1.54, 1.807) is 18.2 Å². The number of aryl methyl sites for hydroxylation is 1. The minimum Gasteiger partial charge on any atom is -0.506 e. The van der Waals surface area contributed by atoms with Crippen LogP contribution in [0.25, 0.3) is 0 Å². The molecule has 15 heavy (non-hydrogen) atoms. The van der Waals surface area contributed by atoms with Gasteiger partial charge in [-0.3, -0.25) is 0 Å². The second-order valence-corrected chi connectivity index (χ2v) is 3.77. The van der Waals surface area contributed by atoms with Gasteiger partial charge in [-0.05, 0) is 38.5 Å². The summed E-state index contributed by atoms with van der Waals surface area (Å²) in [4.78, 5) is 11.4. The lowest BCUT2D eigenvalue weighted by molar-refractivity contribution is 0.250. The first-order valence-electron chi connectivity index (χ1n) is 4.86. The highest BCUT2D eigenvalue weighted by atomic mass is 16.3. The number of benzene rings is 1. The number of rotatable bonds is 2. The number of phenols is 1. The van der Waals surface area contributed by atoms with Crippen molar-refractivity contribution in [3.05, 3.63) is 23.8 Å². The Bertz CT molecular complexity index is 362. The Hall–Kier alpha value is -1.71. The Kier molecular flexibility index (Phi) is 3.55. The maximum Gasteiger partial charge on any atom is 0.319 e. The van der Waals surface area contributed by atoms with Crippen LogP contribution in [0.3, 0.4) is 0 Å². The highest BCUT2D eigenvalue weighted by Crippen LogP contribution is 2.23. The largest absolute Gasteiger partial charge is 0.506 e. The van der Waals surface area contributed by atoms with E-state index in [0.717, 1.165) is 5.56 Å². The normalized spacial score (nSPS) is 10.1. The van der Waals surface area contributed by atoms with Crippen molar-refractivity contribution in [1.29, 1.82) is 0 Å². The van der Waals surface area contributed by atoms with Crippen LogP contribution in [0.1, 0.15) is 19.4 Å². The quantitative estimate of drug-likeness (QED) is 0.653. The van der Waals surface area contributed by atoms with Gasteiger partial charge in [0.25, 0.3) is 0 Å². The van der Waals surface area contributed by atoms with E-state index in [-0.39, 0.29) is 17.8 Å². The molecule has 1 aromatic carbocycles. The number of carbonyl (C=O) groups is 1. The van der Waals surface area contributed by atoms with Crippen molar-refractivity contribution in [2.75, 3.05) is 5.32 Å². The van der Waals surface area contributed by atoms with Crippen molar-refractivity contribution in [2.45, 2.75) is 26.8 Å². The van der Waals surface area contributed by atoms with Crippen LogP contribution in [-0.4, -0.2) is 17.2 Å². The van der Waals surface area contributed by atoms with E-state index in [4.69, 9.17) is 0 Å². The maximum absolute atomic E-state index is 11.4. The van der Waals surface area contributed by atoms with Crippen molar-refractivity contribution >= 4 is 11.7 Å². The van der Waals surface area contributed by atoms with E-state index in [1.807, 2.05) is 20.8 Å². The fraction of sp³-hybridized carbons (Fsp3) is 0.364. The minimum absolute atomic E-state index is 0.0666. The molecule has 0 saturated carbocycles. The summed E-state index contributed by atoms with van der Waals surface area (Å²) in [6, 6.07) is 4.80. The van der Waals surface area contributed by atoms with Gasteiger partial charge in [0, 0.05) is 6.04 Å². The van der Waals surface area contributed by atoms with Gasteiger partial charge in [-0.2, -0.15) is 0 Å². The fourth-order valence-electron chi connectivity index (χ4n) is 1.17. The summed E-state index contributed by atoms with van der Waals surface area (Å²) in [7, 11) is 0. The van der Waals surface area contributed by atoms with E-state index in [1.165, 1.54) is 0 Å². The number of hydrogen-bond donors (Lipinski definition) is 3. The summed E-state index contributed by atoms with van der Waals surface area (Å²) in [5.74, 6) is 0.0690. The molecule has 0 heterocycles. The second kappa shape index (κ2) is 4.68. The third-order valence-corrected chi connectivity index (χ3v) is 1.82. The first-order valence-corrected chi connectivity index (χ1v) is 4.86. The number of hydrogen-bond acceptors (Lipinski definition) is 2. The van der Waals surface area contributed by atoms with E-state index >= 15 is 0 Å². The van der Waals surface area contributed by atoms with Crippen LogP contribution in [0.15, 0.2) is 18.2 Å². The molecule has 4 nitrogen and oxygen atoms in total. The van der Waals surface area contributed by atoms with Crippen LogP contribution in [0.2, 0.25) is 0 Å². The van der Waals surface area contributed by atoms with E-state index in [0.29, 0.717) is 5.69 Å². The van der Waals surface area contributed by atoms with Gasteiger partial charge in [0.15, 0.2) is 0 Å². The van der Waals surface area contributed by atoms with Gasteiger partial charge in [-0.25, -0.2) is 4.79 Å². The topological polar surface area (TPSA) is 61.4 Å². The van der Waals surface area contributed by atoms with Crippen LogP contribution >= 0.6 is 0 Å². The summed E-state index contributed by atoms with van der Waals surface area (Å²) >= 11 is 0. The van der Waals surface area contributed by atoms with Crippen molar-refractivity contribution in [3.63, 3.8) is 0 Å². The van der Waals surface area contributed by atoms with Gasteiger partial charge in [0.2, 0.25) is 0 Å². The summed E-state index contributed by atoms with van der Waals surface area (Å²) < 4.78 is 0. The predicted molar refractivity (Wildman–Crippen MR) is 60.1 cm³/mol. The monoisotopic (exact) mass is 208 g/mol.